The van der Waals surface area contributed by atoms with Crippen molar-refractivity contribution in [2.24, 2.45) is 5.92 Å². The molecule has 0 aliphatic rings. The van der Waals surface area contributed by atoms with Gasteiger partial charge in [-0.2, -0.15) is 0 Å². The third-order valence-electron chi connectivity index (χ3n) is 3.67. The standard InChI is InChI=1S/C21H21NO/c1-4-16(10-7-9-15(2)3)22-19-13-8-12-18-17-11-5-6-14-20(17)23-21(18)19/h4-15,22H,1H2,2-3H3/b9-7+,16-10+. The Bertz CT molecular complexity index is 896. The molecule has 0 saturated heterocycles. The molecule has 0 aliphatic heterocycles. The van der Waals surface area contributed by atoms with E-state index in [1.807, 2.05) is 48.6 Å². The third-order valence-corrected chi connectivity index (χ3v) is 3.67. The number of hydrogen-bond acceptors (Lipinski definition) is 2. The lowest BCUT2D eigenvalue weighted by molar-refractivity contribution is 0.670. The highest BCUT2D eigenvalue weighted by atomic mass is 16.3. The molecule has 3 rings (SSSR count). The first-order chi connectivity index (χ1) is 11.2. The van der Waals surface area contributed by atoms with Gasteiger partial charge >= 0.3 is 0 Å². The van der Waals surface area contributed by atoms with Crippen LogP contribution in [-0.4, -0.2) is 0 Å². The molecule has 1 heterocycles. The molecule has 0 bridgehead atoms. The molecule has 23 heavy (non-hydrogen) atoms. The number of para-hydroxylation sites is 2. The summed E-state index contributed by atoms with van der Waals surface area (Å²) in [5.74, 6) is 0.524. The molecular weight excluding hydrogens is 282 g/mol. The third kappa shape index (κ3) is 3.21. The molecule has 0 aliphatic carbocycles. The summed E-state index contributed by atoms with van der Waals surface area (Å²) >= 11 is 0. The molecule has 0 fully saturated rings. The average Bonchev–Trinajstić information content (AvgIpc) is 2.93. The first kappa shape index (κ1) is 15.2. The Hall–Kier alpha value is -2.74. The van der Waals surface area contributed by atoms with Gasteiger partial charge in [-0.25, -0.2) is 0 Å². The van der Waals surface area contributed by atoms with Crippen LogP contribution in [0.3, 0.4) is 0 Å². The summed E-state index contributed by atoms with van der Waals surface area (Å²) in [4.78, 5) is 0. The van der Waals surface area contributed by atoms with Crippen LogP contribution in [0.4, 0.5) is 5.69 Å². The minimum Gasteiger partial charge on any atom is -0.454 e. The maximum atomic E-state index is 6.03. The van der Waals surface area contributed by atoms with Gasteiger partial charge in [-0.15, -0.1) is 0 Å². The van der Waals surface area contributed by atoms with Crippen molar-refractivity contribution in [3.05, 3.63) is 79.0 Å². The zero-order valence-corrected chi connectivity index (χ0v) is 13.5. The zero-order chi connectivity index (χ0) is 16.2. The number of allylic oxidation sites excluding steroid dienone is 4. The number of fused-ring (bicyclic) bond motifs is 3. The molecule has 2 nitrogen and oxygen atoms in total. The van der Waals surface area contributed by atoms with Crippen LogP contribution in [-0.2, 0) is 0 Å². The summed E-state index contributed by atoms with van der Waals surface area (Å²) in [5.41, 5.74) is 3.66. The fourth-order valence-corrected chi connectivity index (χ4v) is 2.54. The van der Waals surface area contributed by atoms with Gasteiger partial charge in [0.25, 0.3) is 0 Å². The van der Waals surface area contributed by atoms with Crippen molar-refractivity contribution in [3.8, 4) is 0 Å². The van der Waals surface area contributed by atoms with E-state index in [-0.39, 0.29) is 0 Å². The first-order valence-corrected chi connectivity index (χ1v) is 7.87. The number of furan rings is 1. The van der Waals surface area contributed by atoms with Crippen molar-refractivity contribution in [2.45, 2.75) is 13.8 Å². The lowest BCUT2D eigenvalue weighted by atomic mass is 10.1. The molecule has 1 aromatic heterocycles. The maximum Gasteiger partial charge on any atom is 0.158 e. The van der Waals surface area contributed by atoms with Crippen LogP contribution in [0.15, 0.2) is 83.5 Å². The van der Waals surface area contributed by atoms with Crippen molar-refractivity contribution in [1.29, 1.82) is 0 Å². The Morgan fingerprint density at radius 1 is 1.09 bits per heavy atom. The fraction of sp³-hybridized carbons (Fsp3) is 0.143. The summed E-state index contributed by atoms with van der Waals surface area (Å²) in [6, 6.07) is 14.2. The quantitative estimate of drug-likeness (QED) is 0.561. The number of anilines is 1. The Morgan fingerprint density at radius 3 is 2.65 bits per heavy atom. The number of benzene rings is 2. The van der Waals surface area contributed by atoms with Crippen LogP contribution in [0.5, 0.6) is 0 Å². The SMILES string of the molecule is C=C/C(=C\C=C\C(C)C)Nc1cccc2c1oc1ccccc12. The topological polar surface area (TPSA) is 25.2 Å². The normalized spacial score (nSPS) is 12.6. The van der Waals surface area contributed by atoms with Gasteiger partial charge in [0.15, 0.2) is 5.58 Å². The largest absolute Gasteiger partial charge is 0.454 e. The van der Waals surface area contributed by atoms with E-state index in [9.17, 15) is 0 Å². The fourth-order valence-electron chi connectivity index (χ4n) is 2.54. The van der Waals surface area contributed by atoms with Gasteiger partial charge in [0, 0.05) is 16.5 Å². The van der Waals surface area contributed by atoms with Gasteiger partial charge in [-0.05, 0) is 30.2 Å². The first-order valence-electron chi connectivity index (χ1n) is 7.87. The van der Waals surface area contributed by atoms with Gasteiger partial charge in [0.1, 0.15) is 5.58 Å². The minimum absolute atomic E-state index is 0.524. The number of hydrogen-bond donors (Lipinski definition) is 1. The summed E-state index contributed by atoms with van der Waals surface area (Å²) in [5, 5.41) is 5.66. The second-order valence-electron chi connectivity index (χ2n) is 5.86. The Balaban J connectivity index is 2.01. The zero-order valence-electron chi connectivity index (χ0n) is 13.5. The van der Waals surface area contributed by atoms with Crippen LogP contribution in [0.1, 0.15) is 13.8 Å². The second-order valence-corrected chi connectivity index (χ2v) is 5.86. The lowest BCUT2D eigenvalue weighted by Crippen LogP contribution is -1.96. The van der Waals surface area contributed by atoms with E-state index in [2.05, 4.69) is 44.0 Å². The van der Waals surface area contributed by atoms with Gasteiger partial charge in [0.05, 0.1) is 5.69 Å². The minimum atomic E-state index is 0.524. The molecule has 0 radical (unpaired) electrons. The number of rotatable bonds is 5. The molecule has 116 valence electrons. The molecule has 0 unspecified atom stereocenters. The van der Waals surface area contributed by atoms with Crippen molar-refractivity contribution in [1.82, 2.24) is 0 Å². The molecule has 2 heteroatoms. The van der Waals surface area contributed by atoms with Crippen molar-refractivity contribution >= 4 is 27.6 Å². The summed E-state index contributed by atoms with van der Waals surface area (Å²) in [7, 11) is 0. The van der Waals surface area contributed by atoms with Crippen LogP contribution in [0.2, 0.25) is 0 Å². The van der Waals surface area contributed by atoms with E-state index in [0.717, 1.165) is 33.3 Å². The van der Waals surface area contributed by atoms with Crippen LogP contribution in [0.25, 0.3) is 21.9 Å². The monoisotopic (exact) mass is 303 g/mol. The van der Waals surface area contributed by atoms with Crippen molar-refractivity contribution < 1.29 is 4.42 Å². The van der Waals surface area contributed by atoms with Gasteiger partial charge in [-0.1, -0.05) is 62.9 Å². The van der Waals surface area contributed by atoms with E-state index >= 15 is 0 Å². The van der Waals surface area contributed by atoms with Crippen molar-refractivity contribution in [3.63, 3.8) is 0 Å². The highest BCUT2D eigenvalue weighted by Gasteiger charge is 2.10. The second kappa shape index (κ2) is 6.57. The molecule has 0 saturated carbocycles. The van der Waals surface area contributed by atoms with E-state index in [0.29, 0.717) is 5.92 Å². The average molecular weight is 303 g/mol. The van der Waals surface area contributed by atoms with Crippen molar-refractivity contribution in [2.75, 3.05) is 5.32 Å². The molecule has 2 aromatic carbocycles. The van der Waals surface area contributed by atoms with Crippen LogP contribution >= 0.6 is 0 Å². The molecule has 3 aromatic rings. The molecule has 0 atom stereocenters. The Labute approximate surface area is 136 Å². The number of nitrogens with one attached hydrogen (secondary N) is 1. The van der Waals surface area contributed by atoms with Crippen LogP contribution in [0, 0.1) is 5.92 Å². The molecular formula is C21H21NO. The smallest absolute Gasteiger partial charge is 0.158 e. The van der Waals surface area contributed by atoms with E-state index in [4.69, 9.17) is 4.42 Å². The summed E-state index contributed by atoms with van der Waals surface area (Å²) in [6.45, 7) is 8.19. The van der Waals surface area contributed by atoms with Gasteiger partial charge < -0.3 is 9.73 Å². The van der Waals surface area contributed by atoms with E-state index in [1.165, 1.54) is 0 Å². The van der Waals surface area contributed by atoms with E-state index < -0.39 is 0 Å². The van der Waals surface area contributed by atoms with Crippen LogP contribution < -0.4 is 5.32 Å². The molecule has 1 N–H and O–H groups in total. The lowest BCUT2D eigenvalue weighted by Gasteiger charge is -2.07. The molecule has 0 spiro atoms. The Kier molecular flexibility index (Phi) is 4.33. The van der Waals surface area contributed by atoms with Gasteiger partial charge in [0.2, 0.25) is 0 Å². The highest BCUT2D eigenvalue weighted by Crippen LogP contribution is 2.33. The predicted octanol–water partition coefficient (Wildman–Crippen LogP) is 6.28. The maximum absolute atomic E-state index is 6.03. The predicted molar refractivity (Wildman–Crippen MR) is 99.6 cm³/mol. The molecule has 0 amide bonds. The summed E-state index contributed by atoms with van der Waals surface area (Å²) in [6.07, 6.45) is 8.03. The Morgan fingerprint density at radius 2 is 1.87 bits per heavy atom. The summed E-state index contributed by atoms with van der Waals surface area (Å²) < 4.78 is 6.03. The van der Waals surface area contributed by atoms with E-state index in [1.54, 1.807) is 0 Å². The van der Waals surface area contributed by atoms with Gasteiger partial charge in [-0.3, -0.25) is 0 Å². The highest BCUT2D eigenvalue weighted by molar-refractivity contribution is 6.08.